The van der Waals surface area contributed by atoms with Gasteiger partial charge in [0.1, 0.15) is 13.2 Å². The third-order valence-corrected chi connectivity index (χ3v) is 6.50. The largest absolute Gasteiger partial charge is 0.486 e. The zero-order valence-corrected chi connectivity index (χ0v) is 18.9. The van der Waals surface area contributed by atoms with Crippen molar-refractivity contribution in [2.45, 2.75) is 13.0 Å². The molecule has 9 heteroatoms. The number of carbonyl (C=O) groups excluding carboxylic acids is 1. The molecular weight excluding hydrogens is 480 g/mol. The summed E-state index contributed by atoms with van der Waals surface area (Å²) in [4.78, 5) is 24.1. The van der Waals surface area contributed by atoms with Crippen molar-refractivity contribution in [3.63, 3.8) is 0 Å². The van der Waals surface area contributed by atoms with Crippen molar-refractivity contribution in [2.75, 3.05) is 24.7 Å². The Balaban J connectivity index is 1.45. The molecule has 1 amide bonds. The minimum atomic E-state index is -0.110. The summed E-state index contributed by atoms with van der Waals surface area (Å²) in [6.45, 7) is 2.29. The van der Waals surface area contributed by atoms with E-state index in [-0.39, 0.29) is 5.91 Å². The number of halogens is 1. The van der Waals surface area contributed by atoms with Crippen LogP contribution in [0.5, 0.6) is 11.5 Å². The number of fused-ring (bicyclic) bond motifs is 2. The summed E-state index contributed by atoms with van der Waals surface area (Å²) in [6.07, 6.45) is 6.22. The number of amides is 1. The van der Waals surface area contributed by atoms with E-state index in [1.54, 1.807) is 35.6 Å². The Bertz CT molecular complexity index is 1220. The number of benzene rings is 2. The van der Waals surface area contributed by atoms with Crippen molar-refractivity contribution in [3.8, 4) is 11.5 Å². The van der Waals surface area contributed by atoms with Crippen LogP contribution < -0.4 is 14.4 Å². The van der Waals surface area contributed by atoms with Gasteiger partial charge in [0.15, 0.2) is 16.6 Å². The molecule has 0 N–H and O–H groups in total. The fraction of sp³-hybridized carbons (Fsp3) is 0.227. The third kappa shape index (κ3) is 4.28. The SMILES string of the molecule is O=C(c1ccc2c(c1)OCCO2)N(CCCn1ccnc1)c1nc2ccc(Br)cc2s1. The Kier molecular flexibility index (Phi) is 5.61. The average molecular weight is 499 g/mol. The summed E-state index contributed by atoms with van der Waals surface area (Å²) in [5, 5.41) is 0.679. The lowest BCUT2D eigenvalue weighted by Gasteiger charge is -2.22. The lowest BCUT2D eigenvalue weighted by molar-refractivity contribution is 0.0985. The van der Waals surface area contributed by atoms with Crippen LogP contribution in [0.25, 0.3) is 10.2 Å². The third-order valence-electron chi connectivity index (χ3n) is 4.96. The van der Waals surface area contributed by atoms with Crippen molar-refractivity contribution in [1.82, 2.24) is 14.5 Å². The van der Waals surface area contributed by atoms with E-state index < -0.39 is 0 Å². The molecule has 0 atom stereocenters. The molecule has 0 spiro atoms. The van der Waals surface area contributed by atoms with Gasteiger partial charge in [-0.15, -0.1) is 0 Å². The molecule has 1 aliphatic heterocycles. The molecule has 7 nitrogen and oxygen atoms in total. The van der Waals surface area contributed by atoms with Gasteiger partial charge in [0.25, 0.3) is 5.91 Å². The molecular formula is C22H19BrN4O3S. The number of rotatable bonds is 6. The van der Waals surface area contributed by atoms with Crippen LogP contribution in [0.3, 0.4) is 0 Å². The Hall–Kier alpha value is -2.91. The highest BCUT2D eigenvalue weighted by atomic mass is 79.9. The molecule has 0 fully saturated rings. The fourth-order valence-corrected chi connectivity index (χ4v) is 4.99. The number of nitrogens with zero attached hydrogens (tertiary/aromatic N) is 4. The molecule has 31 heavy (non-hydrogen) atoms. The van der Waals surface area contributed by atoms with Crippen molar-refractivity contribution < 1.29 is 14.3 Å². The first-order valence-corrected chi connectivity index (χ1v) is 11.5. The van der Waals surface area contributed by atoms with E-state index >= 15 is 0 Å². The van der Waals surface area contributed by atoms with E-state index in [1.807, 2.05) is 29.0 Å². The Morgan fingerprint density at radius 3 is 2.87 bits per heavy atom. The Morgan fingerprint density at radius 1 is 1.16 bits per heavy atom. The second-order valence-electron chi connectivity index (χ2n) is 7.08. The molecule has 0 bridgehead atoms. The fourth-order valence-electron chi connectivity index (χ4n) is 3.45. The van der Waals surface area contributed by atoms with Crippen LogP contribution in [0.1, 0.15) is 16.8 Å². The Morgan fingerprint density at radius 2 is 2.03 bits per heavy atom. The van der Waals surface area contributed by atoms with Gasteiger partial charge in [-0.25, -0.2) is 9.97 Å². The number of imidazole rings is 1. The van der Waals surface area contributed by atoms with Gasteiger partial charge in [-0.1, -0.05) is 27.3 Å². The van der Waals surface area contributed by atoms with Crippen LogP contribution in [0, 0.1) is 0 Å². The predicted molar refractivity (Wildman–Crippen MR) is 123 cm³/mol. The first-order chi connectivity index (χ1) is 15.2. The normalized spacial score (nSPS) is 12.8. The number of thiazole rings is 1. The van der Waals surface area contributed by atoms with Gasteiger partial charge in [-0.3, -0.25) is 9.69 Å². The standard InChI is InChI=1S/C22H19BrN4O3S/c23-16-3-4-17-20(13-16)31-22(25-17)27(8-1-7-26-9-6-24-14-26)21(28)15-2-5-18-19(12-15)30-11-10-29-18/h2-6,9,12-14H,1,7-8,10-11H2. The highest BCUT2D eigenvalue weighted by Crippen LogP contribution is 2.34. The average Bonchev–Trinajstić information content (AvgIpc) is 3.45. The first-order valence-electron chi connectivity index (χ1n) is 9.91. The molecule has 0 aliphatic carbocycles. The van der Waals surface area contributed by atoms with Crippen molar-refractivity contribution in [2.24, 2.45) is 0 Å². The molecule has 0 unspecified atom stereocenters. The first kappa shape index (κ1) is 20.0. The zero-order valence-electron chi connectivity index (χ0n) is 16.5. The van der Waals surface area contributed by atoms with Crippen molar-refractivity contribution in [3.05, 3.63) is 65.2 Å². The van der Waals surface area contributed by atoms with Crippen LogP contribution in [-0.2, 0) is 6.54 Å². The van der Waals surface area contributed by atoms with Crippen LogP contribution in [0.15, 0.2) is 59.6 Å². The number of anilines is 1. The number of carbonyl (C=O) groups is 1. The maximum atomic E-state index is 13.5. The number of aromatic nitrogens is 3. The lowest BCUT2D eigenvalue weighted by Crippen LogP contribution is -2.32. The Labute approximate surface area is 191 Å². The van der Waals surface area contributed by atoms with Gasteiger partial charge >= 0.3 is 0 Å². The van der Waals surface area contributed by atoms with E-state index in [0.717, 1.165) is 27.7 Å². The van der Waals surface area contributed by atoms with Gasteiger partial charge in [0, 0.05) is 35.5 Å². The molecule has 3 heterocycles. The molecule has 5 rings (SSSR count). The quantitative estimate of drug-likeness (QED) is 0.383. The molecule has 2 aromatic carbocycles. The van der Waals surface area contributed by atoms with E-state index in [2.05, 4.69) is 20.9 Å². The summed E-state index contributed by atoms with van der Waals surface area (Å²) in [7, 11) is 0. The summed E-state index contributed by atoms with van der Waals surface area (Å²) in [5.41, 5.74) is 1.42. The van der Waals surface area contributed by atoms with Crippen LogP contribution in [-0.4, -0.2) is 40.2 Å². The van der Waals surface area contributed by atoms with Gasteiger partial charge in [-0.05, 0) is 42.8 Å². The van der Waals surface area contributed by atoms with E-state index in [1.165, 1.54) is 11.3 Å². The highest BCUT2D eigenvalue weighted by molar-refractivity contribution is 9.10. The second kappa shape index (κ2) is 8.68. The van der Waals surface area contributed by atoms with Crippen molar-refractivity contribution in [1.29, 1.82) is 0 Å². The molecule has 0 saturated heterocycles. The molecule has 0 radical (unpaired) electrons. The summed E-state index contributed by atoms with van der Waals surface area (Å²) >= 11 is 5.02. The van der Waals surface area contributed by atoms with E-state index in [0.29, 0.717) is 42.0 Å². The van der Waals surface area contributed by atoms with Gasteiger partial charge < -0.3 is 14.0 Å². The minimum absolute atomic E-state index is 0.110. The number of aryl methyl sites for hydroxylation is 1. The smallest absolute Gasteiger partial charge is 0.260 e. The van der Waals surface area contributed by atoms with Crippen molar-refractivity contribution >= 4 is 48.5 Å². The molecule has 0 saturated carbocycles. The maximum absolute atomic E-state index is 13.5. The van der Waals surface area contributed by atoms with Gasteiger partial charge in [0.2, 0.25) is 0 Å². The lowest BCUT2D eigenvalue weighted by atomic mass is 10.1. The van der Waals surface area contributed by atoms with Gasteiger partial charge in [-0.2, -0.15) is 0 Å². The number of ether oxygens (including phenoxy) is 2. The van der Waals surface area contributed by atoms with Crippen LogP contribution in [0.4, 0.5) is 5.13 Å². The summed E-state index contributed by atoms with van der Waals surface area (Å²) < 4.78 is 15.3. The van der Waals surface area contributed by atoms with E-state index in [9.17, 15) is 4.79 Å². The monoisotopic (exact) mass is 498 g/mol. The molecule has 2 aromatic heterocycles. The summed E-state index contributed by atoms with van der Waals surface area (Å²) in [6, 6.07) is 11.3. The topological polar surface area (TPSA) is 69.5 Å². The van der Waals surface area contributed by atoms with E-state index in [4.69, 9.17) is 14.5 Å². The number of hydrogen-bond acceptors (Lipinski definition) is 6. The van der Waals surface area contributed by atoms with Crippen LogP contribution in [0.2, 0.25) is 0 Å². The maximum Gasteiger partial charge on any atom is 0.260 e. The minimum Gasteiger partial charge on any atom is -0.486 e. The number of hydrogen-bond donors (Lipinski definition) is 0. The molecule has 158 valence electrons. The molecule has 4 aromatic rings. The second-order valence-corrected chi connectivity index (χ2v) is 9.00. The van der Waals surface area contributed by atoms with Crippen LogP contribution >= 0.6 is 27.3 Å². The molecule has 1 aliphatic rings. The summed E-state index contributed by atoms with van der Waals surface area (Å²) in [5.74, 6) is 1.16. The predicted octanol–water partition coefficient (Wildman–Crippen LogP) is 4.76. The highest BCUT2D eigenvalue weighted by Gasteiger charge is 2.23. The van der Waals surface area contributed by atoms with Gasteiger partial charge in [0.05, 0.1) is 16.5 Å². The zero-order chi connectivity index (χ0) is 21.2.